The summed E-state index contributed by atoms with van der Waals surface area (Å²) in [6.45, 7) is 9.44. The Labute approximate surface area is 175 Å². The quantitative estimate of drug-likeness (QED) is 0.551. The molecule has 7 nitrogen and oxygen atoms in total. The number of hydrogen-bond acceptors (Lipinski definition) is 7. The smallest absolute Gasteiger partial charge is 0.236 e. The normalized spacial score (nSPS) is 11.8. The van der Waals surface area contributed by atoms with E-state index in [1.54, 1.807) is 26.2 Å². The van der Waals surface area contributed by atoms with Crippen LogP contribution in [0.15, 0.2) is 36.7 Å². The number of hydrogen-bond donors (Lipinski definition) is 2. The van der Waals surface area contributed by atoms with E-state index in [1.165, 1.54) is 11.3 Å². The van der Waals surface area contributed by atoms with Crippen molar-refractivity contribution >= 4 is 38.1 Å². The summed E-state index contributed by atoms with van der Waals surface area (Å²) in [5.41, 5.74) is 3.83. The summed E-state index contributed by atoms with van der Waals surface area (Å²) in [4.78, 5) is 13.9. The van der Waals surface area contributed by atoms with E-state index in [-0.39, 0.29) is 0 Å². The Morgan fingerprint density at radius 1 is 1.07 bits per heavy atom. The monoisotopic (exact) mass is 431 g/mol. The molecule has 0 fully saturated rings. The highest BCUT2D eigenvalue weighted by Gasteiger charge is 2.18. The van der Waals surface area contributed by atoms with Gasteiger partial charge in [0.1, 0.15) is 0 Å². The summed E-state index contributed by atoms with van der Waals surface area (Å²) in [5, 5.41) is 3.10. The molecule has 2 heterocycles. The van der Waals surface area contributed by atoms with Crippen molar-refractivity contribution in [1.29, 1.82) is 0 Å². The van der Waals surface area contributed by atoms with Gasteiger partial charge in [-0.2, -0.15) is 0 Å². The zero-order valence-electron chi connectivity index (χ0n) is 17.1. The first-order valence-electron chi connectivity index (χ1n) is 9.33. The first-order valence-corrected chi connectivity index (χ1v) is 11.7. The molecule has 2 aromatic heterocycles. The topological polar surface area (TPSA) is 96.9 Å². The lowest BCUT2D eigenvalue weighted by Gasteiger charge is -2.10. The minimum absolute atomic E-state index is 0.317. The number of thiazole rings is 1. The van der Waals surface area contributed by atoms with Gasteiger partial charge in [0.2, 0.25) is 16.0 Å². The Hall–Kier alpha value is -2.52. The molecule has 154 valence electrons. The van der Waals surface area contributed by atoms with Gasteiger partial charge in [-0.05, 0) is 56.0 Å². The molecule has 0 aliphatic carbocycles. The van der Waals surface area contributed by atoms with Gasteiger partial charge in [-0.25, -0.2) is 23.4 Å². The molecule has 0 atom stereocenters. The molecule has 0 unspecified atom stereocenters. The average molecular weight is 432 g/mol. The Bertz CT molecular complexity index is 1110. The van der Waals surface area contributed by atoms with Crippen molar-refractivity contribution in [2.45, 2.75) is 45.8 Å². The van der Waals surface area contributed by atoms with Gasteiger partial charge < -0.3 is 5.32 Å². The lowest BCUT2D eigenvalue weighted by molar-refractivity contribution is 0.592. The first kappa shape index (κ1) is 21.2. The van der Waals surface area contributed by atoms with E-state index in [0.717, 1.165) is 27.4 Å². The molecular weight excluding hydrogens is 406 g/mol. The highest BCUT2D eigenvalue weighted by molar-refractivity contribution is 7.93. The molecule has 0 saturated heterocycles. The third-order valence-electron chi connectivity index (χ3n) is 4.24. The SMILES string of the molecule is Cc1cc(Nc2nccc(C(C)C)n2)cc(-c2cnc(NS(=O)(=O)C(C)C)s2)c1. The van der Waals surface area contributed by atoms with E-state index in [9.17, 15) is 8.42 Å². The number of rotatable bonds is 7. The Morgan fingerprint density at radius 3 is 2.52 bits per heavy atom. The van der Waals surface area contributed by atoms with Gasteiger partial charge in [-0.15, -0.1) is 0 Å². The summed E-state index contributed by atoms with van der Waals surface area (Å²) < 4.78 is 26.7. The molecule has 0 saturated carbocycles. The van der Waals surface area contributed by atoms with E-state index < -0.39 is 15.3 Å². The van der Waals surface area contributed by atoms with Crippen molar-refractivity contribution in [2.24, 2.45) is 0 Å². The van der Waals surface area contributed by atoms with E-state index >= 15 is 0 Å². The molecular formula is C20H25N5O2S2. The molecule has 0 bridgehead atoms. The Morgan fingerprint density at radius 2 is 1.83 bits per heavy atom. The molecule has 3 aromatic rings. The molecule has 29 heavy (non-hydrogen) atoms. The molecule has 1 aromatic carbocycles. The highest BCUT2D eigenvalue weighted by atomic mass is 32.2. The maximum Gasteiger partial charge on any atom is 0.236 e. The Balaban J connectivity index is 1.86. The van der Waals surface area contributed by atoms with Crippen molar-refractivity contribution < 1.29 is 8.42 Å². The second-order valence-corrected chi connectivity index (χ2v) is 10.7. The zero-order valence-corrected chi connectivity index (χ0v) is 18.7. The lowest BCUT2D eigenvalue weighted by atomic mass is 10.1. The van der Waals surface area contributed by atoms with Gasteiger partial charge in [0, 0.05) is 23.8 Å². The second-order valence-electron chi connectivity index (χ2n) is 7.40. The summed E-state index contributed by atoms with van der Waals surface area (Å²) in [7, 11) is -3.42. The highest BCUT2D eigenvalue weighted by Crippen LogP contribution is 2.32. The van der Waals surface area contributed by atoms with Gasteiger partial charge in [-0.3, -0.25) is 4.72 Å². The summed E-state index contributed by atoms with van der Waals surface area (Å²) in [5.74, 6) is 0.860. The standard InChI is InChI=1S/C20H25N5O2S2/c1-12(2)17-6-7-21-19(24-17)23-16-9-14(5)8-15(10-16)18-11-22-20(28-18)25-29(26,27)13(3)4/h6-13H,1-5H3,(H,22,25)(H,21,23,24). The van der Waals surface area contributed by atoms with Crippen LogP contribution in [0.3, 0.4) is 0 Å². The fourth-order valence-electron chi connectivity index (χ4n) is 2.58. The Kier molecular flexibility index (Phi) is 6.18. The van der Waals surface area contributed by atoms with Crippen molar-refractivity contribution in [2.75, 3.05) is 10.0 Å². The second kappa shape index (κ2) is 8.46. The number of aromatic nitrogens is 3. The van der Waals surface area contributed by atoms with E-state index in [2.05, 4.69) is 38.8 Å². The molecule has 0 spiro atoms. The molecule has 0 aliphatic rings. The maximum atomic E-state index is 12.1. The van der Waals surface area contributed by atoms with Gasteiger partial charge in [0.25, 0.3) is 0 Å². The molecule has 0 amide bonds. The van der Waals surface area contributed by atoms with Crippen LogP contribution in [0, 0.1) is 6.92 Å². The number of anilines is 3. The van der Waals surface area contributed by atoms with E-state index in [0.29, 0.717) is 17.0 Å². The fraction of sp³-hybridized carbons (Fsp3) is 0.350. The molecule has 2 N–H and O–H groups in total. The fourth-order valence-corrected chi connectivity index (χ4v) is 4.28. The molecule has 0 radical (unpaired) electrons. The number of nitrogens with zero attached hydrogens (tertiary/aromatic N) is 3. The van der Waals surface area contributed by atoms with Crippen molar-refractivity contribution in [3.05, 3.63) is 47.9 Å². The van der Waals surface area contributed by atoms with Crippen molar-refractivity contribution in [3.8, 4) is 10.4 Å². The minimum Gasteiger partial charge on any atom is -0.324 e. The van der Waals surface area contributed by atoms with Crippen LogP contribution in [0.25, 0.3) is 10.4 Å². The predicted octanol–water partition coefficient (Wildman–Crippen LogP) is 4.93. The van der Waals surface area contributed by atoms with E-state index in [1.807, 2.05) is 31.2 Å². The molecule has 0 aliphatic heterocycles. The third kappa shape index (κ3) is 5.30. The number of aryl methyl sites for hydroxylation is 1. The van der Waals surface area contributed by atoms with Crippen molar-refractivity contribution in [3.63, 3.8) is 0 Å². The average Bonchev–Trinajstić information content (AvgIpc) is 3.09. The van der Waals surface area contributed by atoms with Crippen LogP contribution < -0.4 is 10.0 Å². The summed E-state index contributed by atoms with van der Waals surface area (Å²) in [6.07, 6.45) is 3.43. The van der Waals surface area contributed by atoms with Crippen LogP contribution in [-0.2, 0) is 10.0 Å². The van der Waals surface area contributed by atoms with Gasteiger partial charge in [0.15, 0.2) is 5.13 Å². The number of sulfonamides is 1. The summed E-state index contributed by atoms with van der Waals surface area (Å²) in [6, 6.07) is 7.93. The van der Waals surface area contributed by atoms with Crippen LogP contribution in [0.4, 0.5) is 16.8 Å². The van der Waals surface area contributed by atoms with Gasteiger partial charge in [0.05, 0.1) is 10.1 Å². The lowest BCUT2D eigenvalue weighted by Crippen LogP contribution is -2.22. The molecule has 9 heteroatoms. The van der Waals surface area contributed by atoms with Crippen LogP contribution in [0.1, 0.15) is 44.9 Å². The van der Waals surface area contributed by atoms with Crippen LogP contribution >= 0.6 is 11.3 Å². The predicted molar refractivity (Wildman–Crippen MR) is 119 cm³/mol. The zero-order chi connectivity index (χ0) is 21.2. The summed E-state index contributed by atoms with van der Waals surface area (Å²) >= 11 is 1.30. The van der Waals surface area contributed by atoms with Crippen molar-refractivity contribution in [1.82, 2.24) is 15.0 Å². The number of benzene rings is 1. The van der Waals surface area contributed by atoms with Crippen LogP contribution in [-0.4, -0.2) is 28.6 Å². The van der Waals surface area contributed by atoms with E-state index in [4.69, 9.17) is 0 Å². The number of nitrogens with one attached hydrogen (secondary N) is 2. The minimum atomic E-state index is -3.42. The largest absolute Gasteiger partial charge is 0.324 e. The van der Waals surface area contributed by atoms with Crippen LogP contribution in [0.2, 0.25) is 0 Å². The van der Waals surface area contributed by atoms with Gasteiger partial charge >= 0.3 is 0 Å². The maximum absolute atomic E-state index is 12.1. The van der Waals surface area contributed by atoms with Gasteiger partial charge in [-0.1, -0.05) is 31.3 Å². The molecule has 3 rings (SSSR count). The van der Waals surface area contributed by atoms with Crippen LogP contribution in [0.5, 0.6) is 0 Å². The first-order chi connectivity index (χ1) is 13.6. The third-order valence-corrected chi connectivity index (χ3v) is 7.05.